The fourth-order valence-electron chi connectivity index (χ4n) is 2.11. The van der Waals surface area contributed by atoms with Gasteiger partial charge in [-0.05, 0) is 29.2 Å². The molecule has 0 unspecified atom stereocenters. The van der Waals surface area contributed by atoms with Gasteiger partial charge in [0.1, 0.15) is 0 Å². The van der Waals surface area contributed by atoms with E-state index in [2.05, 4.69) is 10.3 Å². The van der Waals surface area contributed by atoms with E-state index in [4.69, 9.17) is 5.11 Å². The molecule has 0 aliphatic rings. The van der Waals surface area contributed by atoms with E-state index in [0.29, 0.717) is 12.3 Å². The van der Waals surface area contributed by atoms with Gasteiger partial charge in [0.25, 0.3) is 5.91 Å². The minimum Gasteiger partial charge on any atom is -0.481 e. The molecular weight excluding hydrogens is 278 g/mol. The molecule has 0 saturated carbocycles. The summed E-state index contributed by atoms with van der Waals surface area (Å²) in [5, 5.41) is 22.0. The van der Waals surface area contributed by atoms with Crippen molar-refractivity contribution in [3.8, 4) is 0 Å². The number of aromatic amines is 1. The number of rotatable bonds is 8. The van der Waals surface area contributed by atoms with Crippen molar-refractivity contribution in [3.05, 3.63) is 27.9 Å². The van der Waals surface area contributed by atoms with E-state index in [9.17, 15) is 19.7 Å². The number of carbonyl (C=O) groups is 2. The van der Waals surface area contributed by atoms with Gasteiger partial charge >= 0.3 is 11.8 Å². The first-order valence-corrected chi connectivity index (χ1v) is 6.63. The number of nitrogens with one attached hydrogen (secondary N) is 2. The second kappa shape index (κ2) is 7.41. The molecule has 116 valence electrons. The number of H-pyrrole nitrogens is 1. The SMILES string of the molecule is CC(C)C[C@H](CNC(=O)c1ccc([N+](=O)[O-])[nH]1)CC(=O)O. The van der Waals surface area contributed by atoms with Crippen molar-refractivity contribution in [2.24, 2.45) is 11.8 Å². The van der Waals surface area contributed by atoms with Crippen molar-refractivity contribution >= 4 is 17.7 Å². The molecule has 1 rings (SSSR count). The predicted octanol–water partition coefficient (Wildman–Crippen LogP) is 1.79. The average Bonchev–Trinajstić information content (AvgIpc) is 2.83. The molecule has 0 radical (unpaired) electrons. The van der Waals surface area contributed by atoms with Gasteiger partial charge in [-0.2, -0.15) is 0 Å². The molecule has 0 aliphatic heterocycles. The lowest BCUT2D eigenvalue weighted by Crippen LogP contribution is -2.31. The number of nitro groups is 1. The summed E-state index contributed by atoms with van der Waals surface area (Å²) in [4.78, 5) is 34.9. The molecule has 0 spiro atoms. The van der Waals surface area contributed by atoms with Crippen LogP contribution < -0.4 is 5.32 Å². The number of carboxylic acid groups (broad SMARTS) is 1. The number of amides is 1. The first-order chi connectivity index (χ1) is 9.79. The Hall–Kier alpha value is -2.38. The number of carboxylic acids is 1. The molecule has 1 heterocycles. The van der Waals surface area contributed by atoms with Gasteiger partial charge in [0.2, 0.25) is 0 Å². The summed E-state index contributed by atoms with van der Waals surface area (Å²) in [6.07, 6.45) is 0.654. The van der Waals surface area contributed by atoms with Crippen molar-refractivity contribution in [1.29, 1.82) is 0 Å². The molecule has 1 atom stereocenters. The fourth-order valence-corrected chi connectivity index (χ4v) is 2.11. The van der Waals surface area contributed by atoms with Crippen molar-refractivity contribution < 1.29 is 19.6 Å². The van der Waals surface area contributed by atoms with E-state index in [1.165, 1.54) is 12.1 Å². The van der Waals surface area contributed by atoms with Crippen LogP contribution in [0.4, 0.5) is 5.82 Å². The lowest BCUT2D eigenvalue weighted by Gasteiger charge is -2.17. The second-order valence-electron chi connectivity index (χ2n) is 5.32. The van der Waals surface area contributed by atoms with Crippen molar-refractivity contribution in [3.63, 3.8) is 0 Å². The Labute approximate surface area is 121 Å². The molecule has 0 fully saturated rings. The molecular formula is C13H19N3O5. The topological polar surface area (TPSA) is 125 Å². The number of carbonyl (C=O) groups excluding carboxylic acids is 1. The highest BCUT2D eigenvalue weighted by Gasteiger charge is 2.19. The molecule has 1 amide bonds. The number of hydrogen-bond donors (Lipinski definition) is 3. The highest BCUT2D eigenvalue weighted by Crippen LogP contribution is 2.15. The van der Waals surface area contributed by atoms with Crippen LogP contribution in [0.15, 0.2) is 12.1 Å². The Morgan fingerprint density at radius 2 is 2.10 bits per heavy atom. The van der Waals surface area contributed by atoms with Crippen LogP contribution >= 0.6 is 0 Å². The molecule has 21 heavy (non-hydrogen) atoms. The zero-order chi connectivity index (χ0) is 16.0. The highest BCUT2D eigenvalue weighted by atomic mass is 16.6. The van der Waals surface area contributed by atoms with Crippen LogP contribution in [-0.2, 0) is 4.79 Å². The van der Waals surface area contributed by atoms with Gasteiger partial charge in [0.05, 0.1) is 0 Å². The molecule has 3 N–H and O–H groups in total. The lowest BCUT2D eigenvalue weighted by atomic mass is 9.94. The van der Waals surface area contributed by atoms with E-state index >= 15 is 0 Å². The molecule has 1 aromatic heterocycles. The average molecular weight is 297 g/mol. The summed E-state index contributed by atoms with van der Waals surface area (Å²) in [7, 11) is 0. The van der Waals surface area contributed by atoms with Crippen molar-refractivity contribution in [2.45, 2.75) is 26.7 Å². The Morgan fingerprint density at radius 1 is 1.43 bits per heavy atom. The van der Waals surface area contributed by atoms with Gasteiger partial charge in [-0.15, -0.1) is 0 Å². The van der Waals surface area contributed by atoms with E-state index in [1.807, 2.05) is 13.8 Å². The van der Waals surface area contributed by atoms with E-state index < -0.39 is 16.8 Å². The zero-order valence-electron chi connectivity index (χ0n) is 12.0. The number of aromatic nitrogens is 1. The first-order valence-electron chi connectivity index (χ1n) is 6.63. The number of nitrogens with zero attached hydrogens (tertiary/aromatic N) is 1. The van der Waals surface area contributed by atoms with E-state index in [0.717, 1.165) is 0 Å². The number of aliphatic carboxylic acids is 1. The maximum absolute atomic E-state index is 11.8. The maximum Gasteiger partial charge on any atom is 0.321 e. The molecule has 0 bridgehead atoms. The van der Waals surface area contributed by atoms with Crippen LogP contribution in [0.25, 0.3) is 0 Å². The summed E-state index contributed by atoms with van der Waals surface area (Å²) in [6.45, 7) is 4.17. The molecule has 0 aliphatic carbocycles. The van der Waals surface area contributed by atoms with Crippen LogP contribution in [-0.4, -0.2) is 33.4 Å². The third-order valence-electron chi connectivity index (χ3n) is 2.93. The monoisotopic (exact) mass is 297 g/mol. The van der Waals surface area contributed by atoms with Gasteiger partial charge in [-0.3, -0.25) is 9.59 Å². The molecule has 8 heteroatoms. The summed E-state index contributed by atoms with van der Waals surface area (Å²) in [5.74, 6) is -1.51. The van der Waals surface area contributed by atoms with Gasteiger partial charge < -0.3 is 20.5 Å². The van der Waals surface area contributed by atoms with Crippen LogP contribution in [0, 0.1) is 22.0 Å². The highest BCUT2D eigenvalue weighted by molar-refractivity contribution is 5.92. The fraction of sp³-hybridized carbons (Fsp3) is 0.538. The van der Waals surface area contributed by atoms with E-state index in [1.54, 1.807) is 0 Å². The molecule has 8 nitrogen and oxygen atoms in total. The number of hydrogen-bond acceptors (Lipinski definition) is 4. The van der Waals surface area contributed by atoms with Gasteiger partial charge in [-0.1, -0.05) is 13.8 Å². The Morgan fingerprint density at radius 3 is 2.57 bits per heavy atom. The van der Waals surface area contributed by atoms with Crippen molar-refractivity contribution in [2.75, 3.05) is 6.54 Å². The normalized spacial score (nSPS) is 12.1. The van der Waals surface area contributed by atoms with Gasteiger partial charge in [0, 0.05) is 19.0 Å². The van der Waals surface area contributed by atoms with Crippen molar-refractivity contribution in [1.82, 2.24) is 10.3 Å². The Bertz CT molecular complexity index is 524. The summed E-state index contributed by atoms with van der Waals surface area (Å²) in [6, 6.07) is 2.53. The lowest BCUT2D eigenvalue weighted by molar-refractivity contribution is -0.389. The van der Waals surface area contributed by atoms with Crippen LogP contribution in [0.5, 0.6) is 0 Å². The summed E-state index contributed by atoms with van der Waals surface area (Å²) in [5.41, 5.74) is 0.0836. The maximum atomic E-state index is 11.8. The molecule has 0 saturated heterocycles. The standard InChI is InChI=1S/C13H19N3O5/c1-8(2)5-9(6-12(17)18)7-14-13(19)10-3-4-11(15-10)16(20)21/h3-4,8-9,15H,5-7H2,1-2H3,(H,14,19)(H,17,18)/t9-/m0/s1. The van der Waals surface area contributed by atoms with Gasteiger partial charge in [-0.25, -0.2) is 4.98 Å². The van der Waals surface area contributed by atoms with Crippen LogP contribution in [0.2, 0.25) is 0 Å². The zero-order valence-corrected chi connectivity index (χ0v) is 12.0. The third kappa shape index (κ3) is 5.64. The molecule has 0 aromatic carbocycles. The van der Waals surface area contributed by atoms with Gasteiger partial charge in [0.15, 0.2) is 5.69 Å². The third-order valence-corrected chi connectivity index (χ3v) is 2.93. The first kappa shape index (κ1) is 16.7. The molecule has 1 aromatic rings. The van der Waals surface area contributed by atoms with E-state index in [-0.39, 0.29) is 30.4 Å². The minimum absolute atomic E-state index is 0.0245. The van der Waals surface area contributed by atoms with Crippen LogP contribution in [0.1, 0.15) is 37.2 Å². The smallest absolute Gasteiger partial charge is 0.321 e. The second-order valence-corrected chi connectivity index (χ2v) is 5.32. The Balaban J connectivity index is 2.59. The quantitative estimate of drug-likeness (QED) is 0.498. The Kier molecular flexibility index (Phi) is 5.89. The van der Waals surface area contributed by atoms with Crippen LogP contribution in [0.3, 0.4) is 0 Å². The minimum atomic E-state index is -0.912. The predicted molar refractivity (Wildman–Crippen MR) is 75.0 cm³/mol. The summed E-state index contributed by atoms with van der Waals surface area (Å²) >= 11 is 0. The largest absolute Gasteiger partial charge is 0.481 e. The summed E-state index contributed by atoms with van der Waals surface area (Å²) < 4.78 is 0.